The molecule has 10 heavy (non-hydrogen) atoms. The van der Waals surface area contributed by atoms with Crippen molar-refractivity contribution in [2.45, 2.75) is 0 Å². The molecule has 1 saturated heterocycles. The fourth-order valence-electron chi connectivity index (χ4n) is 0.919. The SMILES string of the molecule is BN1C(=C)C(=C)C(=C)N1C. The molecular formula is C7H11BN2. The molecule has 1 fully saturated rings. The highest BCUT2D eigenvalue weighted by Gasteiger charge is 2.22. The molecule has 1 aliphatic heterocycles. The summed E-state index contributed by atoms with van der Waals surface area (Å²) in [4.78, 5) is 1.92. The van der Waals surface area contributed by atoms with Gasteiger partial charge < -0.3 is 9.93 Å². The molecule has 0 radical (unpaired) electrons. The van der Waals surface area contributed by atoms with Crippen molar-refractivity contribution in [3.8, 4) is 0 Å². The van der Waals surface area contributed by atoms with E-state index in [4.69, 9.17) is 0 Å². The van der Waals surface area contributed by atoms with Crippen LogP contribution >= 0.6 is 0 Å². The van der Waals surface area contributed by atoms with Crippen LogP contribution in [-0.2, 0) is 0 Å². The maximum atomic E-state index is 3.84. The second kappa shape index (κ2) is 1.94. The van der Waals surface area contributed by atoms with Gasteiger partial charge in [0.2, 0.25) is 7.98 Å². The van der Waals surface area contributed by atoms with Crippen molar-refractivity contribution in [2.24, 2.45) is 0 Å². The highest BCUT2D eigenvalue weighted by atomic mass is 15.6. The average Bonchev–Trinajstić information content (AvgIpc) is 2.07. The third-order valence-corrected chi connectivity index (χ3v) is 1.93. The number of hydrazine groups is 1. The minimum atomic E-state index is 0.921. The van der Waals surface area contributed by atoms with Gasteiger partial charge in [-0.25, -0.2) is 0 Å². The van der Waals surface area contributed by atoms with E-state index >= 15 is 0 Å². The summed E-state index contributed by atoms with van der Waals surface area (Å²) in [7, 11) is 3.87. The van der Waals surface area contributed by atoms with Gasteiger partial charge in [0.05, 0.1) is 5.70 Å². The van der Waals surface area contributed by atoms with Gasteiger partial charge in [-0.3, -0.25) is 0 Å². The van der Waals surface area contributed by atoms with Gasteiger partial charge in [-0.15, -0.1) is 0 Å². The first-order valence-corrected chi connectivity index (χ1v) is 3.10. The maximum absolute atomic E-state index is 3.84. The topological polar surface area (TPSA) is 6.48 Å². The Labute approximate surface area is 62.5 Å². The number of hydrogen-bond acceptors (Lipinski definition) is 2. The van der Waals surface area contributed by atoms with Crippen molar-refractivity contribution < 1.29 is 0 Å². The van der Waals surface area contributed by atoms with Gasteiger partial charge in [-0.05, 0) is 0 Å². The molecule has 0 amide bonds. The Morgan fingerprint density at radius 2 is 1.70 bits per heavy atom. The van der Waals surface area contributed by atoms with Crippen LogP contribution in [-0.4, -0.2) is 25.0 Å². The van der Waals surface area contributed by atoms with Crippen molar-refractivity contribution in [2.75, 3.05) is 7.05 Å². The zero-order valence-electron chi connectivity index (χ0n) is 6.52. The van der Waals surface area contributed by atoms with Crippen LogP contribution in [0.5, 0.6) is 0 Å². The molecule has 3 heteroatoms. The summed E-state index contributed by atoms with van der Waals surface area (Å²) < 4.78 is 0. The largest absolute Gasteiger partial charge is 0.340 e. The Bertz CT molecular complexity index is 198. The Kier molecular flexibility index (Phi) is 1.36. The van der Waals surface area contributed by atoms with Crippen LogP contribution in [0, 0.1) is 0 Å². The first-order chi connectivity index (χ1) is 4.55. The summed E-state index contributed by atoms with van der Waals surface area (Å²) in [6, 6.07) is 0. The predicted octanol–water partition coefficient (Wildman–Crippen LogP) is 0.280. The Hall–Kier alpha value is -1.12. The van der Waals surface area contributed by atoms with Gasteiger partial charge in [0.15, 0.2) is 0 Å². The van der Waals surface area contributed by atoms with Crippen molar-refractivity contribution in [3.63, 3.8) is 0 Å². The lowest BCUT2D eigenvalue weighted by atomic mass is 10.2. The smallest absolute Gasteiger partial charge is 0.246 e. The molecule has 2 nitrogen and oxygen atoms in total. The molecule has 1 aliphatic rings. The lowest BCUT2D eigenvalue weighted by Gasteiger charge is -2.23. The zero-order chi connectivity index (χ0) is 7.89. The molecular weight excluding hydrogens is 123 g/mol. The zero-order valence-corrected chi connectivity index (χ0v) is 6.52. The molecule has 0 spiro atoms. The van der Waals surface area contributed by atoms with Crippen molar-refractivity contribution in [3.05, 3.63) is 36.7 Å². The van der Waals surface area contributed by atoms with E-state index in [0.29, 0.717) is 0 Å². The molecule has 0 saturated carbocycles. The third kappa shape index (κ3) is 0.669. The number of likely N-dealkylation sites (N-methyl/N-ethyl adjacent to an activating group) is 1. The second-order valence-corrected chi connectivity index (χ2v) is 2.42. The van der Waals surface area contributed by atoms with E-state index in [0.717, 1.165) is 17.0 Å². The van der Waals surface area contributed by atoms with Crippen LogP contribution in [0.1, 0.15) is 0 Å². The van der Waals surface area contributed by atoms with Crippen LogP contribution in [0.15, 0.2) is 36.7 Å². The van der Waals surface area contributed by atoms with Gasteiger partial charge in [0, 0.05) is 18.3 Å². The number of hydrogen-bond donors (Lipinski definition) is 0. The van der Waals surface area contributed by atoms with Gasteiger partial charge in [0.25, 0.3) is 0 Å². The Balaban J connectivity index is 3.00. The monoisotopic (exact) mass is 134 g/mol. The Morgan fingerprint density at radius 1 is 1.20 bits per heavy atom. The summed E-state index contributed by atoms with van der Waals surface area (Å²) in [5.74, 6) is 0. The minimum absolute atomic E-state index is 0.921. The summed E-state index contributed by atoms with van der Waals surface area (Å²) >= 11 is 0. The molecule has 0 unspecified atom stereocenters. The van der Waals surface area contributed by atoms with Gasteiger partial charge in [-0.1, -0.05) is 19.7 Å². The first kappa shape index (κ1) is 7.00. The molecule has 1 rings (SSSR count). The lowest BCUT2D eigenvalue weighted by molar-refractivity contribution is 0.227. The molecule has 0 aliphatic carbocycles. The van der Waals surface area contributed by atoms with Crippen LogP contribution in [0.2, 0.25) is 0 Å². The predicted molar refractivity (Wildman–Crippen MR) is 45.6 cm³/mol. The first-order valence-electron chi connectivity index (χ1n) is 3.10. The van der Waals surface area contributed by atoms with E-state index in [9.17, 15) is 0 Å². The fourth-order valence-corrected chi connectivity index (χ4v) is 0.919. The van der Waals surface area contributed by atoms with Crippen molar-refractivity contribution in [1.82, 2.24) is 9.93 Å². The molecule has 0 aromatic carbocycles. The van der Waals surface area contributed by atoms with E-state index in [1.807, 2.05) is 25.0 Å². The highest BCUT2D eigenvalue weighted by molar-refractivity contribution is 6.06. The van der Waals surface area contributed by atoms with E-state index in [1.165, 1.54) is 0 Å². The fraction of sp³-hybridized carbons (Fsp3) is 0.143. The average molecular weight is 134 g/mol. The quantitative estimate of drug-likeness (QED) is 0.439. The van der Waals surface area contributed by atoms with Crippen LogP contribution < -0.4 is 0 Å². The lowest BCUT2D eigenvalue weighted by Crippen LogP contribution is -2.27. The number of rotatable bonds is 0. The third-order valence-electron chi connectivity index (χ3n) is 1.93. The van der Waals surface area contributed by atoms with Crippen LogP contribution in [0.4, 0.5) is 0 Å². The van der Waals surface area contributed by atoms with E-state index in [2.05, 4.69) is 19.7 Å². The standard InChI is InChI=1S/C7H11BN2/c1-5-6(2)9(4)10(8)7(5)3/h1-3,8H2,4H3. The van der Waals surface area contributed by atoms with Crippen molar-refractivity contribution >= 4 is 7.98 Å². The summed E-state index contributed by atoms with van der Waals surface area (Å²) in [6.45, 7) is 11.5. The van der Waals surface area contributed by atoms with Gasteiger partial charge in [0.1, 0.15) is 0 Å². The molecule has 0 bridgehead atoms. The maximum Gasteiger partial charge on any atom is 0.246 e. The van der Waals surface area contributed by atoms with Crippen molar-refractivity contribution in [1.29, 1.82) is 0 Å². The molecule has 1 heterocycles. The summed E-state index contributed by atoms with van der Waals surface area (Å²) in [5, 5.41) is 1.92. The Morgan fingerprint density at radius 3 is 1.80 bits per heavy atom. The molecule has 0 aromatic rings. The molecule has 0 aromatic heterocycles. The summed E-state index contributed by atoms with van der Waals surface area (Å²) in [5.41, 5.74) is 2.77. The van der Waals surface area contributed by atoms with Gasteiger partial charge in [-0.2, -0.15) is 0 Å². The van der Waals surface area contributed by atoms with Crippen LogP contribution in [0.3, 0.4) is 0 Å². The minimum Gasteiger partial charge on any atom is -0.340 e. The van der Waals surface area contributed by atoms with E-state index in [1.54, 1.807) is 0 Å². The summed E-state index contributed by atoms with van der Waals surface area (Å²) in [6.07, 6.45) is 0. The van der Waals surface area contributed by atoms with E-state index in [-0.39, 0.29) is 0 Å². The molecule has 0 N–H and O–H groups in total. The number of nitrogens with zero attached hydrogens (tertiary/aromatic N) is 2. The van der Waals surface area contributed by atoms with Gasteiger partial charge >= 0.3 is 0 Å². The normalized spacial score (nSPS) is 19.1. The molecule has 52 valence electrons. The second-order valence-electron chi connectivity index (χ2n) is 2.42. The van der Waals surface area contributed by atoms with Crippen LogP contribution in [0.25, 0.3) is 0 Å². The van der Waals surface area contributed by atoms with E-state index < -0.39 is 0 Å². The molecule has 0 atom stereocenters. The highest BCUT2D eigenvalue weighted by Crippen LogP contribution is 2.28.